The van der Waals surface area contributed by atoms with Crippen molar-refractivity contribution in [3.05, 3.63) is 40.9 Å². The van der Waals surface area contributed by atoms with E-state index in [1.54, 1.807) is 10.9 Å². The molecular formula is C22H22ClF4N3O4. The number of hydrogen-bond donors (Lipinski definition) is 2. The number of aliphatic hydroxyl groups is 1. The van der Waals surface area contributed by atoms with E-state index in [4.69, 9.17) is 21.1 Å². The summed E-state index contributed by atoms with van der Waals surface area (Å²) in [4.78, 5) is 12.8. The molecule has 184 valence electrons. The maximum Gasteiger partial charge on any atom is 0.389 e. The van der Waals surface area contributed by atoms with Gasteiger partial charge in [0.05, 0.1) is 35.7 Å². The van der Waals surface area contributed by atoms with Gasteiger partial charge in [-0.2, -0.15) is 18.3 Å². The summed E-state index contributed by atoms with van der Waals surface area (Å²) in [5, 5.41) is 17.5. The van der Waals surface area contributed by atoms with Gasteiger partial charge < -0.3 is 19.9 Å². The third-order valence-corrected chi connectivity index (χ3v) is 7.01. The Morgan fingerprint density at radius 3 is 2.79 bits per heavy atom. The maximum absolute atomic E-state index is 13.8. The van der Waals surface area contributed by atoms with Crippen LogP contribution >= 0.6 is 11.6 Å². The third-order valence-electron chi connectivity index (χ3n) is 6.72. The Kier molecular flexibility index (Phi) is 5.47. The molecule has 1 aromatic carbocycles. The summed E-state index contributed by atoms with van der Waals surface area (Å²) in [5.74, 6) is -0.588. The second kappa shape index (κ2) is 8.01. The molecule has 12 heteroatoms. The third kappa shape index (κ3) is 4.19. The topological polar surface area (TPSA) is 85.6 Å². The first kappa shape index (κ1) is 23.2. The molecule has 0 unspecified atom stereocenters. The van der Waals surface area contributed by atoms with Gasteiger partial charge in [0.2, 0.25) is 0 Å². The molecule has 3 saturated carbocycles. The Balaban J connectivity index is 1.13. The normalized spacial score (nSPS) is 29.4. The second-order valence-corrected chi connectivity index (χ2v) is 9.78. The zero-order valence-electron chi connectivity index (χ0n) is 17.9. The van der Waals surface area contributed by atoms with Gasteiger partial charge in [0.25, 0.3) is 5.91 Å². The fourth-order valence-electron chi connectivity index (χ4n) is 5.15. The zero-order valence-corrected chi connectivity index (χ0v) is 18.6. The molecule has 0 spiro atoms. The van der Waals surface area contributed by atoms with Crippen molar-refractivity contribution in [2.24, 2.45) is 0 Å². The minimum absolute atomic E-state index is 0.0240. The van der Waals surface area contributed by atoms with E-state index < -0.39 is 36.2 Å². The van der Waals surface area contributed by atoms with Gasteiger partial charge in [0.1, 0.15) is 11.6 Å². The van der Waals surface area contributed by atoms with E-state index in [0.717, 1.165) is 6.07 Å². The molecule has 3 fully saturated rings. The van der Waals surface area contributed by atoms with E-state index in [1.807, 2.05) is 0 Å². The Morgan fingerprint density at radius 1 is 1.35 bits per heavy atom. The predicted molar refractivity (Wildman–Crippen MR) is 111 cm³/mol. The Hall–Kier alpha value is -2.53. The van der Waals surface area contributed by atoms with Gasteiger partial charge in [-0.05, 0) is 31.7 Å². The minimum Gasteiger partial charge on any atom is -0.490 e. The molecule has 4 aliphatic rings. The predicted octanol–water partition coefficient (Wildman–Crippen LogP) is 4.03. The number of benzene rings is 1. The standard InChI is InChI=1S/C22H22ClF4N3O4/c23-14-4-13-16(31)6-18(34-17(13)5-15(14)24)19(32)29-20-9-21(10-20,11-20)30-8-12(7-28-30)33-3-1-2-22(25,26)27/h4-5,7-8,16,18,31H,1-3,6,9-11H2,(H,29,32)/t16-,18+,20?,21?/m0/s1. The Labute approximate surface area is 197 Å². The first-order valence-corrected chi connectivity index (χ1v) is 11.3. The molecule has 2 bridgehead atoms. The van der Waals surface area contributed by atoms with Crippen LogP contribution in [0.4, 0.5) is 17.6 Å². The Bertz CT molecular complexity index is 1100. The van der Waals surface area contributed by atoms with E-state index in [0.29, 0.717) is 30.6 Å². The van der Waals surface area contributed by atoms with Gasteiger partial charge in [-0.25, -0.2) is 4.39 Å². The molecule has 1 aliphatic heterocycles. The van der Waals surface area contributed by atoms with Crippen molar-refractivity contribution in [1.29, 1.82) is 0 Å². The van der Waals surface area contributed by atoms with Crippen molar-refractivity contribution in [3.63, 3.8) is 0 Å². The quantitative estimate of drug-likeness (QED) is 0.440. The average Bonchev–Trinajstić information content (AvgIpc) is 3.16. The van der Waals surface area contributed by atoms with Crippen molar-refractivity contribution < 1.29 is 36.9 Å². The fraction of sp³-hybridized carbons (Fsp3) is 0.545. The monoisotopic (exact) mass is 503 g/mol. The summed E-state index contributed by atoms with van der Waals surface area (Å²) >= 11 is 5.76. The van der Waals surface area contributed by atoms with Gasteiger partial charge >= 0.3 is 6.18 Å². The van der Waals surface area contributed by atoms with Crippen molar-refractivity contribution in [3.8, 4) is 11.5 Å². The summed E-state index contributed by atoms with van der Waals surface area (Å²) in [7, 11) is 0. The number of aliphatic hydroxyl groups excluding tert-OH is 1. The number of hydrogen-bond acceptors (Lipinski definition) is 5. The van der Waals surface area contributed by atoms with Gasteiger partial charge in [-0.3, -0.25) is 9.48 Å². The van der Waals surface area contributed by atoms with E-state index in [9.17, 15) is 27.5 Å². The highest BCUT2D eigenvalue weighted by molar-refractivity contribution is 6.30. The summed E-state index contributed by atoms with van der Waals surface area (Å²) in [6, 6.07) is 2.37. The van der Waals surface area contributed by atoms with Crippen molar-refractivity contribution in [2.75, 3.05) is 6.61 Å². The smallest absolute Gasteiger partial charge is 0.389 e. The lowest BCUT2D eigenvalue weighted by Gasteiger charge is -2.70. The average molecular weight is 504 g/mol. The van der Waals surface area contributed by atoms with Gasteiger partial charge in [0.15, 0.2) is 11.9 Å². The van der Waals surface area contributed by atoms with E-state index >= 15 is 0 Å². The molecule has 1 amide bonds. The van der Waals surface area contributed by atoms with Gasteiger partial charge in [-0.1, -0.05) is 11.6 Å². The number of fused-ring (bicyclic) bond motifs is 1. The van der Waals surface area contributed by atoms with Crippen LogP contribution < -0.4 is 14.8 Å². The van der Waals surface area contributed by atoms with E-state index in [1.165, 1.54) is 12.3 Å². The van der Waals surface area contributed by atoms with Crippen LogP contribution in [0.1, 0.15) is 50.2 Å². The van der Waals surface area contributed by atoms with Gasteiger partial charge in [0, 0.05) is 30.0 Å². The molecule has 7 nitrogen and oxygen atoms in total. The number of alkyl halides is 3. The fourth-order valence-corrected chi connectivity index (χ4v) is 5.32. The lowest BCUT2D eigenvalue weighted by molar-refractivity contribution is -0.165. The van der Waals surface area contributed by atoms with Crippen LogP contribution in [0.25, 0.3) is 0 Å². The SMILES string of the molecule is O=C(NC12CC(n3cc(OCCCC(F)(F)F)cn3)(C1)C2)[C@H]1C[C@H](O)c2cc(Cl)c(F)cc2O1. The molecular weight excluding hydrogens is 482 g/mol. The first-order valence-electron chi connectivity index (χ1n) is 10.9. The summed E-state index contributed by atoms with van der Waals surface area (Å²) < 4.78 is 63.2. The Morgan fingerprint density at radius 2 is 2.09 bits per heavy atom. The number of carbonyl (C=O) groups excluding carboxylic acids is 1. The minimum atomic E-state index is -4.20. The van der Waals surface area contributed by atoms with Crippen LogP contribution in [0.5, 0.6) is 11.5 Å². The molecule has 0 radical (unpaired) electrons. The second-order valence-electron chi connectivity index (χ2n) is 9.37. The van der Waals surface area contributed by atoms with Crippen molar-refractivity contribution in [2.45, 2.75) is 68.0 Å². The molecule has 34 heavy (non-hydrogen) atoms. The zero-order chi connectivity index (χ0) is 24.3. The molecule has 2 N–H and O–H groups in total. The number of amides is 1. The van der Waals surface area contributed by atoms with Gasteiger partial charge in [-0.15, -0.1) is 0 Å². The van der Waals surface area contributed by atoms with Crippen LogP contribution in [-0.4, -0.2) is 45.2 Å². The molecule has 1 aromatic heterocycles. The molecule has 2 aromatic rings. The number of carbonyl (C=O) groups is 1. The molecule has 0 saturated heterocycles. The number of ether oxygens (including phenoxy) is 2. The van der Waals surface area contributed by atoms with Crippen molar-refractivity contribution >= 4 is 17.5 Å². The summed E-state index contributed by atoms with van der Waals surface area (Å²) in [6.07, 6.45) is -2.13. The number of nitrogens with one attached hydrogen (secondary N) is 1. The lowest BCUT2D eigenvalue weighted by Crippen LogP contribution is -2.79. The largest absolute Gasteiger partial charge is 0.490 e. The number of rotatable bonds is 7. The first-order chi connectivity index (χ1) is 16.0. The number of nitrogens with zero attached hydrogens (tertiary/aromatic N) is 2. The highest BCUT2D eigenvalue weighted by Crippen LogP contribution is 2.65. The highest BCUT2D eigenvalue weighted by atomic mass is 35.5. The van der Waals surface area contributed by atoms with Crippen LogP contribution in [0, 0.1) is 5.82 Å². The molecule has 2 heterocycles. The number of halogens is 5. The highest BCUT2D eigenvalue weighted by Gasteiger charge is 2.70. The van der Waals surface area contributed by atoms with Crippen LogP contribution in [-0.2, 0) is 10.3 Å². The number of aromatic nitrogens is 2. The van der Waals surface area contributed by atoms with E-state index in [2.05, 4.69) is 10.4 Å². The molecule has 3 aliphatic carbocycles. The molecule has 6 rings (SSSR count). The van der Waals surface area contributed by atoms with Crippen LogP contribution in [0.2, 0.25) is 5.02 Å². The van der Waals surface area contributed by atoms with E-state index in [-0.39, 0.29) is 41.7 Å². The summed E-state index contributed by atoms with van der Waals surface area (Å²) in [6.45, 7) is -0.0509. The van der Waals surface area contributed by atoms with Crippen molar-refractivity contribution in [1.82, 2.24) is 15.1 Å². The lowest BCUT2D eigenvalue weighted by atomic mass is 9.44. The van der Waals surface area contributed by atoms with Crippen LogP contribution in [0.15, 0.2) is 24.5 Å². The molecule has 2 atom stereocenters. The maximum atomic E-state index is 13.8. The van der Waals surface area contributed by atoms with Crippen LogP contribution in [0.3, 0.4) is 0 Å². The summed E-state index contributed by atoms with van der Waals surface area (Å²) in [5.41, 5.74) is -0.327.